The second-order valence-electron chi connectivity index (χ2n) is 6.21. The van der Waals surface area contributed by atoms with Gasteiger partial charge in [-0.1, -0.05) is 12.1 Å². The predicted molar refractivity (Wildman–Crippen MR) is 90.0 cm³/mol. The topological polar surface area (TPSA) is 38.7 Å². The summed E-state index contributed by atoms with van der Waals surface area (Å²) in [4.78, 5) is 17.3. The van der Waals surface area contributed by atoms with E-state index in [2.05, 4.69) is 4.74 Å². The maximum atomic E-state index is 12.6. The summed E-state index contributed by atoms with van der Waals surface area (Å²) in [7, 11) is 0. The third-order valence-corrected chi connectivity index (χ3v) is 6.11. The molecule has 1 aliphatic carbocycles. The molecule has 0 N–H and O–H groups in total. The van der Waals surface area contributed by atoms with Crippen LogP contribution in [0.25, 0.3) is 0 Å². The second-order valence-corrected chi connectivity index (χ2v) is 7.46. The van der Waals surface area contributed by atoms with Crippen LogP contribution in [-0.4, -0.2) is 29.1 Å². The lowest BCUT2D eigenvalue weighted by Crippen LogP contribution is -2.32. The van der Waals surface area contributed by atoms with Crippen molar-refractivity contribution < 1.29 is 18.3 Å². The Morgan fingerprint density at radius 1 is 1.17 bits per heavy atom. The molecule has 0 spiro atoms. The Morgan fingerprint density at radius 2 is 1.96 bits per heavy atom. The third kappa shape index (κ3) is 2.77. The molecule has 3 aliphatic rings. The number of thioether (sulfide) groups is 1. The number of fused-ring (bicyclic) bond motifs is 1. The van der Waals surface area contributed by atoms with Gasteiger partial charge in [0.2, 0.25) is 0 Å². The van der Waals surface area contributed by atoms with Crippen LogP contribution in [0, 0.1) is 0 Å². The first-order valence-corrected chi connectivity index (χ1v) is 9.18. The van der Waals surface area contributed by atoms with E-state index in [1.165, 1.54) is 5.71 Å². The molecule has 1 aromatic rings. The number of alkyl halides is 2. The fraction of sp³-hybridized carbons (Fsp3) is 0.444. The molecule has 1 fully saturated rings. The number of halogens is 2. The molecule has 0 aromatic heterocycles. The summed E-state index contributed by atoms with van der Waals surface area (Å²) in [6, 6.07) is 6.72. The molecule has 24 heavy (non-hydrogen) atoms. The van der Waals surface area contributed by atoms with Crippen LogP contribution in [0.3, 0.4) is 0 Å². The summed E-state index contributed by atoms with van der Waals surface area (Å²) >= 11 is 1.83. The number of rotatable bonds is 3. The van der Waals surface area contributed by atoms with Crippen LogP contribution >= 0.6 is 11.8 Å². The van der Waals surface area contributed by atoms with Crippen molar-refractivity contribution in [3.63, 3.8) is 0 Å². The van der Waals surface area contributed by atoms with Gasteiger partial charge in [-0.05, 0) is 42.7 Å². The van der Waals surface area contributed by atoms with Crippen molar-refractivity contribution in [1.29, 1.82) is 0 Å². The highest BCUT2D eigenvalue weighted by Crippen LogP contribution is 2.47. The maximum absolute atomic E-state index is 12.6. The number of ether oxygens (including phenoxy) is 1. The van der Waals surface area contributed by atoms with Crippen molar-refractivity contribution in [2.45, 2.75) is 43.5 Å². The van der Waals surface area contributed by atoms with Crippen LogP contribution < -0.4 is 4.74 Å². The SMILES string of the molecule is O=C1CCCC2=C1C(c1ccc(OC(F)F)cc1)C1SCCC1=N2. The average molecular weight is 349 g/mol. The molecule has 4 rings (SSSR count). The number of carbonyl (C=O) groups excluding carboxylic acids is 1. The van der Waals surface area contributed by atoms with Gasteiger partial charge in [0.1, 0.15) is 5.75 Å². The molecule has 1 saturated heterocycles. The van der Waals surface area contributed by atoms with Gasteiger partial charge in [0.15, 0.2) is 5.78 Å². The first-order valence-electron chi connectivity index (χ1n) is 8.13. The quantitative estimate of drug-likeness (QED) is 0.815. The lowest BCUT2D eigenvalue weighted by molar-refractivity contribution is -0.116. The minimum atomic E-state index is -2.83. The fourth-order valence-corrected chi connectivity index (χ4v) is 5.21. The minimum absolute atomic E-state index is 0.0200. The molecule has 2 aliphatic heterocycles. The van der Waals surface area contributed by atoms with Crippen molar-refractivity contribution in [3.8, 4) is 5.75 Å². The molecule has 6 heteroatoms. The lowest BCUT2D eigenvalue weighted by Gasteiger charge is -2.33. The largest absolute Gasteiger partial charge is 0.435 e. The zero-order valence-electron chi connectivity index (χ0n) is 13.0. The Labute approximate surface area is 143 Å². The zero-order chi connectivity index (χ0) is 16.7. The number of allylic oxidation sites excluding steroid dienone is 2. The summed E-state index contributed by atoms with van der Waals surface area (Å²) in [5.74, 6) is 1.32. The van der Waals surface area contributed by atoms with Gasteiger partial charge in [-0.3, -0.25) is 9.79 Å². The maximum Gasteiger partial charge on any atom is 0.387 e. The molecule has 2 unspecified atom stereocenters. The highest BCUT2D eigenvalue weighted by molar-refractivity contribution is 8.01. The molecule has 0 bridgehead atoms. The molecule has 2 atom stereocenters. The average Bonchev–Trinajstić information content (AvgIpc) is 3.01. The molecular weight excluding hydrogens is 332 g/mol. The first-order chi connectivity index (χ1) is 11.6. The van der Waals surface area contributed by atoms with Crippen LogP contribution in [-0.2, 0) is 4.79 Å². The highest BCUT2D eigenvalue weighted by atomic mass is 32.2. The molecule has 126 valence electrons. The fourth-order valence-electron chi connectivity index (χ4n) is 3.78. The van der Waals surface area contributed by atoms with Crippen LogP contribution in [0.2, 0.25) is 0 Å². The van der Waals surface area contributed by atoms with E-state index in [1.807, 2.05) is 11.8 Å². The molecule has 3 nitrogen and oxygen atoms in total. The predicted octanol–water partition coefficient (Wildman–Crippen LogP) is 4.34. The van der Waals surface area contributed by atoms with Crippen molar-refractivity contribution >= 4 is 23.3 Å². The first kappa shape index (κ1) is 15.8. The normalized spacial score (nSPS) is 26.3. The van der Waals surface area contributed by atoms with Crippen molar-refractivity contribution in [1.82, 2.24) is 0 Å². The standard InChI is InChI=1S/C18H17F2NO2S/c19-18(20)23-11-6-4-10(5-7-11)15-16-12(2-1-3-14(16)22)21-13-8-9-24-17(13)15/h4-7,15,17-18H,1-3,8-9H2. The summed E-state index contributed by atoms with van der Waals surface area (Å²) in [6.45, 7) is -2.83. The van der Waals surface area contributed by atoms with E-state index in [4.69, 9.17) is 4.99 Å². The third-order valence-electron chi connectivity index (χ3n) is 4.77. The van der Waals surface area contributed by atoms with Gasteiger partial charge in [-0.15, -0.1) is 0 Å². The van der Waals surface area contributed by atoms with Gasteiger partial charge in [0.25, 0.3) is 0 Å². The molecule has 2 heterocycles. The zero-order valence-corrected chi connectivity index (χ0v) is 13.8. The number of benzene rings is 1. The number of ketones is 1. The molecule has 0 amide bonds. The van der Waals surface area contributed by atoms with Crippen molar-refractivity contribution in [2.75, 3.05) is 5.75 Å². The van der Waals surface area contributed by atoms with Gasteiger partial charge in [-0.25, -0.2) is 0 Å². The van der Waals surface area contributed by atoms with E-state index >= 15 is 0 Å². The summed E-state index contributed by atoms with van der Waals surface area (Å²) in [5.41, 5.74) is 3.93. The van der Waals surface area contributed by atoms with Gasteiger partial charge >= 0.3 is 6.61 Å². The van der Waals surface area contributed by atoms with Crippen LogP contribution in [0.1, 0.15) is 37.2 Å². The van der Waals surface area contributed by atoms with E-state index < -0.39 is 6.61 Å². The number of carbonyl (C=O) groups is 1. The van der Waals surface area contributed by atoms with E-state index in [-0.39, 0.29) is 22.7 Å². The van der Waals surface area contributed by atoms with Crippen LogP contribution in [0.4, 0.5) is 8.78 Å². The highest BCUT2D eigenvalue weighted by Gasteiger charge is 2.42. The second kappa shape index (κ2) is 6.31. The number of hydrogen-bond acceptors (Lipinski definition) is 4. The molecule has 0 radical (unpaired) electrons. The van der Waals surface area contributed by atoms with Crippen molar-refractivity contribution in [2.24, 2.45) is 4.99 Å². The van der Waals surface area contributed by atoms with Gasteiger partial charge in [0, 0.05) is 29.3 Å². The summed E-state index contributed by atoms with van der Waals surface area (Å²) in [6.07, 6.45) is 3.25. The van der Waals surface area contributed by atoms with E-state index in [0.29, 0.717) is 6.42 Å². The number of aliphatic imine (C=N–C) groups is 1. The monoisotopic (exact) mass is 349 g/mol. The van der Waals surface area contributed by atoms with Crippen LogP contribution in [0.15, 0.2) is 40.5 Å². The van der Waals surface area contributed by atoms with E-state index in [1.54, 1.807) is 24.3 Å². The van der Waals surface area contributed by atoms with Gasteiger partial charge < -0.3 is 4.74 Å². The number of nitrogens with zero attached hydrogens (tertiary/aromatic N) is 1. The van der Waals surface area contributed by atoms with E-state index in [0.717, 1.165) is 41.8 Å². The van der Waals surface area contributed by atoms with Crippen LogP contribution in [0.5, 0.6) is 5.75 Å². The lowest BCUT2D eigenvalue weighted by atomic mass is 9.77. The molecule has 1 aromatic carbocycles. The van der Waals surface area contributed by atoms with Gasteiger partial charge in [-0.2, -0.15) is 20.5 Å². The smallest absolute Gasteiger partial charge is 0.387 e. The summed E-state index contributed by atoms with van der Waals surface area (Å²) in [5, 5.41) is 0.188. The van der Waals surface area contributed by atoms with Crippen molar-refractivity contribution in [3.05, 3.63) is 41.1 Å². The van der Waals surface area contributed by atoms with Gasteiger partial charge in [0.05, 0.1) is 5.25 Å². The Hall–Kier alpha value is -1.69. The molecule has 0 saturated carbocycles. The minimum Gasteiger partial charge on any atom is -0.435 e. The Kier molecular flexibility index (Phi) is 4.16. The number of hydrogen-bond donors (Lipinski definition) is 0. The molecular formula is C18H17F2NO2S. The Balaban J connectivity index is 1.73. The summed E-state index contributed by atoms with van der Waals surface area (Å²) < 4.78 is 29.1. The Bertz CT molecular complexity index is 727. The Morgan fingerprint density at radius 3 is 2.71 bits per heavy atom. The number of Topliss-reactive ketones (excluding diaryl/α,β-unsaturated/α-hetero) is 1. The van der Waals surface area contributed by atoms with E-state index in [9.17, 15) is 13.6 Å².